The van der Waals surface area contributed by atoms with E-state index in [1.165, 1.54) is 12.1 Å². The van der Waals surface area contributed by atoms with E-state index in [1.54, 1.807) is 24.3 Å². The molecule has 0 spiro atoms. The van der Waals surface area contributed by atoms with Gasteiger partial charge in [0.2, 0.25) is 0 Å². The lowest BCUT2D eigenvalue weighted by molar-refractivity contribution is -0.124. The number of amides is 1. The summed E-state index contributed by atoms with van der Waals surface area (Å²) in [6, 6.07) is 14.8. The molecule has 162 valence electrons. The summed E-state index contributed by atoms with van der Waals surface area (Å²) in [5.74, 6) is 0.344. The maximum absolute atomic E-state index is 13.1. The molecule has 0 saturated heterocycles. The van der Waals surface area contributed by atoms with E-state index in [0.29, 0.717) is 22.9 Å². The average molecular weight is 433 g/mol. The Kier molecular flexibility index (Phi) is 8.52. The van der Waals surface area contributed by atoms with Gasteiger partial charge in [-0.3, -0.25) is 4.79 Å². The Bertz CT molecular complexity index is 790. The third-order valence-corrected chi connectivity index (χ3v) is 5.89. The molecule has 1 saturated carbocycles. The van der Waals surface area contributed by atoms with Crippen LogP contribution >= 0.6 is 11.6 Å². The van der Waals surface area contributed by atoms with E-state index in [1.807, 2.05) is 12.1 Å². The monoisotopic (exact) mass is 432 g/mol. The average Bonchev–Trinajstić information content (AvgIpc) is 2.75. The van der Waals surface area contributed by atoms with Gasteiger partial charge in [-0.1, -0.05) is 30.7 Å². The van der Waals surface area contributed by atoms with E-state index in [2.05, 4.69) is 17.6 Å². The van der Waals surface area contributed by atoms with Gasteiger partial charge in [0, 0.05) is 23.1 Å². The van der Waals surface area contributed by atoms with Crippen molar-refractivity contribution in [2.75, 3.05) is 6.61 Å². The van der Waals surface area contributed by atoms with Crippen LogP contribution in [-0.4, -0.2) is 30.6 Å². The van der Waals surface area contributed by atoms with Gasteiger partial charge in [0.05, 0.1) is 0 Å². The Balaban J connectivity index is 1.36. The van der Waals surface area contributed by atoms with Crippen LogP contribution < -0.4 is 15.4 Å². The molecule has 0 aromatic heterocycles. The maximum Gasteiger partial charge on any atom is 0.258 e. The SMILES string of the molecule is CCC(Cc1ccc(F)cc1)NC1CCC(NC(=O)COc2ccc(Cl)cc2)CC1. The van der Waals surface area contributed by atoms with Crippen molar-refractivity contribution in [1.82, 2.24) is 10.6 Å². The van der Waals surface area contributed by atoms with Gasteiger partial charge >= 0.3 is 0 Å². The molecule has 1 unspecified atom stereocenters. The van der Waals surface area contributed by atoms with Gasteiger partial charge in [0.25, 0.3) is 5.91 Å². The molecule has 0 radical (unpaired) electrons. The summed E-state index contributed by atoms with van der Waals surface area (Å²) in [7, 11) is 0. The number of hydrogen-bond acceptors (Lipinski definition) is 3. The summed E-state index contributed by atoms with van der Waals surface area (Å²) in [5, 5.41) is 7.47. The van der Waals surface area contributed by atoms with Crippen LogP contribution in [0.25, 0.3) is 0 Å². The smallest absolute Gasteiger partial charge is 0.258 e. The van der Waals surface area contributed by atoms with Gasteiger partial charge in [-0.25, -0.2) is 4.39 Å². The summed E-state index contributed by atoms with van der Waals surface area (Å²) in [4.78, 5) is 12.2. The molecule has 2 aromatic rings. The van der Waals surface area contributed by atoms with Crippen molar-refractivity contribution in [1.29, 1.82) is 0 Å². The third kappa shape index (κ3) is 7.29. The molecule has 2 aromatic carbocycles. The van der Waals surface area contributed by atoms with Crippen molar-refractivity contribution in [2.24, 2.45) is 0 Å². The van der Waals surface area contributed by atoms with Crippen LogP contribution in [-0.2, 0) is 11.2 Å². The minimum Gasteiger partial charge on any atom is -0.484 e. The van der Waals surface area contributed by atoms with Crippen molar-refractivity contribution in [3.8, 4) is 5.75 Å². The largest absolute Gasteiger partial charge is 0.484 e. The molecular weight excluding hydrogens is 403 g/mol. The van der Waals surface area contributed by atoms with Gasteiger partial charge in [-0.05, 0) is 80.5 Å². The molecule has 0 heterocycles. The van der Waals surface area contributed by atoms with E-state index >= 15 is 0 Å². The second-order valence-electron chi connectivity index (χ2n) is 7.96. The molecule has 0 aliphatic heterocycles. The van der Waals surface area contributed by atoms with E-state index < -0.39 is 0 Å². The van der Waals surface area contributed by atoms with Gasteiger partial charge in [0.15, 0.2) is 6.61 Å². The fourth-order valence-corrected chi connectivity index (χ4v) is 4.04. The minimum absolute atomic E-state index is 0.00932. The number of hydrogen-bond donors (Lipinski definition) is 2. The van der Waals surface area contributed by atoms with Crippen LogP contribution in [0, 0.1) is 5.82 Å². The number of halogens is 2. The van der Waals surface area contributed by atoms with Crippen molar-refractivity contribution in [2.45, 2.75) is 63.6 Å². The highest BCUT2D eigenvalue weighted by Crippen LogP contribution is 2.21. The zero-order valence-electron chi connectivity index (χ0n) is 17.4. The lowest BCUT2D eigenvalue weighted by Gasteiger charge is -2.32. The van der Waals surface area contributed by atoms with Gasteiger partial charge in [-0.2, -0.15) is 0 Å². The van der Waals surface area contributed by atoms with Gasteiger partial charge < -0.3 is 15.4 Å². The predicted molar refractivity (Wildman–Crippen MR) is 118 cm³/mol. The fourth-order valence-electron chi connectivity index (χ4n) is 3.91. The van der Waals surface area contributed by atoms with Crippen LogP contribution in [0.5, 0.6) is 5.75 Å². The summed E-state index contributed by atoms with van der Waals surface area (Å²) >= 11 is 5.85. The van der Waals surface area contributed by atoms with E-state index in [9.17, 15) is 9.18 Å². The van der Waals surface area contributed by atoms with Crippen LogP contribution in [0.2, 0.25) is 5.02 Å². The molecule has 1 fully saturated rings. The first-order valence-corrected chi connectivity index (χ1v) is 11.1. The zero-order valence-corrected chi connectivity index (χ0v) is 18.1. The minimum atomic E-state index is -0.196. The highest BCUT2D eigenvalue weighted by molar-refractivity contribution is 6.30. The first-order chi connectivity index (χ1) is 14.5. The van der Waals surface area contributed by atoms with E-state index in [-0.39, 0.29) is 24.4 Å². The van der Waals surface area contributed by atoms with E-state index in [0.717, 1.165) is 44.1 Å². The summed E-state index contributed by atoms with van der Waals surface area (Å²) in [5.41, 5.74) is 1.15. The first kappa shape index (κ1) is 22.6. The standard InChI is InChI=1S/C24H30ClFN2O2/c1-2-20(15-17-3-7-19(26)8-4-17)27-21-9-11-22(12-10-21)28-24(29)16-30-23-13-5-18(25)6-14-23/h3-8,13-14,20-22,27H,2,9-12,15-16H2,1H3,(H,28,29). The number of ether oxygens (including phenoxy) is 1. The van der Waals surface area contributed by atoms with Crippen molar-refractivity contribution >= 4 is 17.5 Å². The maximum atomic E-state index is 13.1. The summed E-state index contributed by atoms with van der Waals surface area (Å²) in [6.07, 6.45) is 5.89. The summed E-state index contributed by atoms with van der Waals surface area (Å²) < 4.78 is 18.6. The number of benzene rings is 2. The normalized spacial score (nSPS) is 19.8. The quantitative estimate of drug-likeness (QED) is 0.592. The molecule has 2 N–H and O–H groups in total. The Morgan fingerprint density at radius 3 is 2.33 bits per heavy atom. The second kappa shape index (κ2) is 11.3. The third-order valence-electron chi connectivity index (χ3n) is 5.64. The van der Waals surface area contributed by atoms with Crippen LogP contribution in [0.15, 0.2) is 48.5 Å². The highest BCUT2D eigenvalue weighted by Gasteiger charge is 2.24. The Morgan fingerprint density at radius 2 is 1.70 bits per heavy atom. The number of carbonyl (C=O) groups excluding carboxylic acids is 1. The predicted octanol–water partition coefficient (Wildman–Crippen LogP) is 4.90. The van der Waals surface area contributed by atoms with Crippen LogP contribution in [0.4, 0.5) is 4.39 Å². The zero-order chi connectivity index (χ0) is 21.3. The van der Waals surface area contributed by atoms with Crippen LogP contribution in [0.3, 0.4) is 0 Å². The first-order valence-electron chi connectivity index (χ1n) is 10.7. The topological polar surface area (TPSA) is 50.4 Å². The molecule has 3 rings (SSSR count). The van der Waals surface area contributed by atoms with Crippen molar-refractivity contribution in [3.05, 3.63) is 64.9 Å². The molecular formula is C24H30ClFN2O2. The Morgan fingerprint density at radius 1 is 1.07 bits per heavy atom. The Labute approximate surface area is 183 Å². The second-order valence-corrected chi connectivity index (χ2v) is 8.40. The highest BCUT2D eigenvalue weighted by atomic mass is 35.5. The Hall–Kier alpha value is -2.11. The molecule has 1 aliphatic carbocycles. The molecule has 30 heavy (non-hydrogen) atoms. The summed E-state index contributed by atoms with van der Waals surface area (Å²) in [6.45, 7) is 2.18. The van der Waals surface area contributed by atoms with Gasteiger partial charge in [0.1, 0.15) is 11.6 Å². The molecule has 1 atom stereocenters. The van der Waals surface area contributed by atoms with Gasteiger partial charge in [-0.15, -0.1) is 0 Å². The fraction of sp³-hybridized carbons (Fsp3) is 0.458. The molecule has 6 heteroatoms. The molecule has 1 aliphatic rings. The van der Waals surface area contributed by atoms with E-state index in [4.69, 9.17) is 16.3 Å². The lowest BCUT2D eigenvalue weighted by Crippen LogP contribution is -2.46. The van der Waals surface area contributed by atoms with Crippen molar-refractivity contribution < 1.29 is 13.9 Å². The number of rotatable bonds is 9. The van der Waals surface area contributed by atoms with Crippen molar-refractivity contribution in [3.63, 3.8) is 0 Å². The lowest BCUT2D eigenvalue weighted by atomic mass is 9.90. The molecule has 4 nitrogen and oxygen atoms in total. The molecule has 1 amide bonds. The number of carbonyl (C=O) groups is 1. The number of nitrogens with one attached hydrogen (secondary N) is 2. The van der Waals surface area contributed by atoms with Crippen LogP contribution in [0.1, 0.15) is 44.6 Å². The molecule has 0 bridgehead atoms.